The van der Waals surface area contributed by atoms with Gasteiger partial charge < -0.3 is 14.8 Å². The summed E-state index contributed by atoms with van der Waals surface area (Å²) in [4.78, 5) is 12.4. The molecule has 2 fully saturated rings. The van der Waals surface area contributed by atoms with Crippen LogP contribution in [0.5, 0.6) is 5.75 Å². The first kappa shape index (κ1) is 12.3. The Labute approximate surface area is 117 Å². The smallest absolute Gasteiger partial charge is 0.190 e. The van der Waals surface area contributed by atoms with Crippen molar-refractivity contribution in [1.29, 1.82) is 0 Å². The van der Waals surface area contributed by atoms with E-state index in [1.807, 2.05) is 17.4 Å². The maximum absolute atomic E-state index is 12.4. The Hall–Kier alpha value is -1.40. The highest BCUT2D eigenvalue weighted by molar-refractivity contribution is 5.98. The second-order valence-corrected chi connectivity index (χ2v) is 5.84. The monoisotopic (exact) mass is 276 g/mol. The van der Waals surface area contributed by atoms with Gasteiger partial charge in [0.1, 0.15) is 5.60 Å². The summed E-state index contributed by atoms with van der Waals surface area (Å²) in [5, 5.41) is 7.62. The molecule has 1 aromatic rings. The van der Waals surface area contributed by atoms with Crippen molar-refractivity contribution in [2.24, 2.45) is 0 Å². The average molecular weight is 276 g/mol. The van der Waals surface area contributed by atoms with Crippen LogP contribution in [0, 0.1) is 6.54 Å². The van der Waals surface area contributed by atoms with Crippen LogP contribution >= 0.6 is 0 Å². The van der Waals surface area contributed by atoms with Gasteiger partial charge >= 0.3 is 0 Å². The van der Waals surface area contributed by atoms with Crippen molar-refractivity contribution in [2.75, 3.05) is 19.8 Å². The van der Waals surface area contributed by atoms with E-state index < -0.39 is 0 Å². The van der Waals surface area contributed by atoms with E-state index in [0.29, 0.717) is 24.5 Å². The van der Waals surface area contributed by atoms with Crippen LogP contribution < -0.4 is 10.1 Å². The quantitative estimate of drug-likeness (QED) is 0.832. The minimum Gasteiger partial charge on any atom is -0.483 e. The van der Waals surface area contributed by atoms with Crippen LogP contribution in [0.4, 0.5) is 0 Å². The third kappa shape index (κ3) is 1.94. The first-order chi connectivity index (χ1) is 9.76. The molecule has 1 spiro atoms. The maximum atomic E-state index is 12.4. The number of piperidine rings is 1. The molecule has 4 heterocycles. The van der Waals surface area contributed by atoms with Crippen LogP contribution in [0.1, 0.15) is 42.2 Å². The van der Waals surface area contributed by atoms with Gasteiger partial charge in [0, 0.05) is 26.0 Å². The Balaban J connectivity index is 1.64. The summed E-state index contributed by atoms with van der Waals surface area (Å²) >= 11 is 0. The lowest BCUT2D eigenvalue weighted by atomic mass is 9.84. The van der Waals surface area contributed by atoms with Gasteiger partial charge in [-0.1, -0.05) is 0 Å². The van der Waals surface area contributed by atoms with E-state index in [2.05, 4.69) is 10.4 Å². The molecule has 0 aromatic carbocycles. The number of carbonyl (C=O) groups excluding carboxylic acids is 1. The third-order valence-corrected chi connectivity index (χ3v) is 4.39. The van der Waals surface area contributed by atoms with E-state index in [1.54, 1.807) is 0 Å². The van der Waals surface area contributed by atoms with E-state index in [0.717, 1.165) is 32.4 Å². The van der Waals surface area contributed by atoms with Gasteiger partial charge in [0.25, 0.3) is 0 Å². The number of rotatable bonds is 1. The van der Waals surface area contributed by atoms with Crippen molar-refractivity contribution >= 4 is 5.78 Å². The number of aromatic nitrogens is 2. The second kappa shape index (κ2) is 4.56. The molecule has 1 aromatic heterocycles. The number of hydrogen-bond acceptors (Lipinski definition) is 5. The molecular formula is C14H18N3O3. The number of carbonyl (C=O) groups is 1. The topological polar surface area (TPSA) is 65.4 Å². The number of ether oxygens (including phenoxy) is 2. The molecule has 1 N–H and O–H groups in total. The van der Waals surface area contributed by atoms with Crippen molar-refractivity contribution in [3.05, 3.63) is 18.4 Å². The number of nitrogens with zero attached hydrogens (tertiary/aromatic N) is 2. The number of ketones is 1. The van der Waals surface area contributed by atoms with Gasteiger partial charge in [0.15, 0.2) is 17.2 Å². The molecule has 2 unspecified atom stereocenters. The summed E-state index contributed by atoms with van der Waals surface area (Å²) in [6.45, 7) is 4.27. The lowest BCUT2D eigenvalue weighted by Crippen LogP contribution is -2.47. The highest BCUT2D eigenvalue weighted by Crippen LogP contribution is 2.39. The SMILES string of the molecule is O=C1CC2(C[CH]NCC2)Oc2cn(C3CCOC3)nc21. The summed E-state index contributed by atoms with van der Waals surface area (Å²) in [6.07, 6.45) is 4.85. The number of hydrogen-bond donors (Lipinski definition) is 1. The molecule has 2 atom stereocenters. The molecule has 0 saturated carbocycles. The molecule has 1 radical (unpaired) electrons. The predicted molar refractivity (Wildman–Crippen MR) is 70.5 cm³/mol. The molecule has 20 heavy (non-hydrogen) atoms. The van der Waals surface area contributed by atoms with Crippen molar-refractivity contribution in [1.82, 2.24) is 15.1 Å². The van der Waals surface area contributed by atoms with Gasteiger partial charge in [-0.2, -0.15) is 5.10 Å². The number of nitrogens with one attached hydrogen (secondary N) is 1. The molecule has 107 valence electrons. The molecule has 0 bridgehead atoms. The minimum atomic E-state index is -0.366. The van der Waals surface area contributed by atoms with Gasteiger partial charge in [-0.15, -0.1) is 0 Å². The highest BCUT2D eigenvalue weighted by Gasteiger charge is 2.43. The zero-order valence-electron chi connectivity index (χ0n) is 11.3. The van der Waals surface area contributed by atoms with Gasteiger partial charge in [0.05, 0.1) is 25.3 Å². The van der Waals surface area contributed by atoms with Crippen LogP contribution in [0.3, 0.4) is 0 Å². The van der Waals surface area contributed by atoms with Gasteiger partial charge in [0.2, 0.25) is 0 Å². The standard InChI is InChI=1S/C14H18N3O3/c18-11-7-14(2-4-15-5-3-14)20-12-8-17(16-13(11)12)10-1-6-19-9-10/h4,8,10,15H,1-3,5-7,9H2. The van der Waals surface area contributed by atoms with Gasteiger partial charge in [-0.3, -0.25) is 9.48 Å². The van der Waals surface area contributed by atoms with Crippen LogP contribution in [-0.2, 0) is 4.74 Å². The minimum absolute atomic E-state index is 0.0965. The lowest BCUT2D eigenvalue weighted by Gasteiger charge is -2.39. The lowest BCUT2D eigenvalue weighted by molar-refractivity contribution is 0.0254. The Morgan fingerprint density at radius 2 is 2.45 bits per heavy atom. The van der Waals surface area contributed by atoms with Crippen molar-refractivity contribution in [3.63, 3.8) is 0 Å². The second-order valence-electron chi connectivity index (χ2n) is 5.84. The Bertz CT molecular complexity index is 528. The molecule has 6 heteroatoms. The van der Waals surface area contributed by atoms with Crippen molar-refractivity contribution < 1.29 is 14.3 Å². The Kier molecular flexibility index (Phi) is 2.82. The first-order valence-corrected chi connectivity index (χ1v) is 7.20. The van der Waals surface area contributed by atoms with E-state index in [1.165, 1.54) is 0 Å². The number of Topliss-reactive ketones (excluding diaryl/α,β-unsaturated/α-hetero) is 1. The first-order valence-electron chi connectivity index (χ1n) is 7.20. The van der Waals surface area contributed by atoms with Gasteiger partial charge in [-0.25, -0.2) is 0 Å². The average Bonchev–Trinajstić information content (AvgIpc) is 3.07. The fraction of sp³-hybridized carbons (Fsp3) is 0.643. The summed E-state index contributed by atoms with van der Waals surface area (Å²) in [6, 6.07) is 0.229. The highest BCUT2D eigenvalue weighted by atomic mass is 16.5. The fourth-order valence-corrected chi connectivity index (χ4v) is 3.22. The molecule has 3 aliphatic heterocycles. The van der Waals surface area contributed by atoms with E-state index in [4.69, 9.17) is 9.47 Å². The van der Waals surface area contributed by atoms with Crippen molar-refractivity contribution in [2.45, 2.75) is 37.3 Å². The van der Waals surface area contributed by atoms with E-state index in [9.17, 15) is 4.79 Å². The van der Waals surface area contributed by atoms with Crippen LogP contribution in [0.2, 0.25) is 0 Å². The molecular weight excluding hydrogens is 258 g/mol. The zero-order chi connectivity index (χ0) is 13.6. The summed E-state index contributed by atoms with van der Waals surface area (Å²) in [5.74, 6) is 0.739. The molecule has 3 aliphatic rings. The fourth-order valence-electron chi connectivity index (χ4n) is 3.22. The summed E-state index contributed by atoms with van der Waals surface area (Å²) in [5.41, 5.74) is 0.121. The molecule has 0 amide bonds. The maximum Gasteiger partial charge on any atom is 0.190 e. The van der Waals surface area contributed by atoms with Crippen LogP contribution in [0.25, 0.3) is 0 Å². The molecule has 4 rings (SSSR count). The summed E-state index contributed by atoms with van der Waals surface area (Å²) in [7, 11) is 0. The van der Waals surface area contributed by atoms with E-state index >= 15 is 0 Å². The predicted octanol–water partition coefficient (Wildman–Crippen LogP) is 1.09. The Morgan fingerprint density at radius 3 is 3.20 bits per heavy atom. The van der Waals surface area contributed by atoms with E-state index in [-0.39, 0.29) is 17.4 Å². The normalized spacial score (nSPS) is 28.4. The van der Waals surface area contributed by atoms with Gasteiger partial charge in [-0.05, 0) is 13.0 Å². The third-order valence-electron chi connectivity index (χ3n) is 4.39. The van der Waals surface area contributed by atoms with Crippen LogP contribution in [-0.4, -0.2) is 40.9 Å². The summed E-state index contributed by atoms with van der Waals surface area (Å²) < 4.78 is 13.4. The molecule has 2 saturated heterocycles. The van der Waals surface area contributed by atoms with Crippen molar-refractivity contribution in [3.8, 4) is 5.75 Å². The number of fused-ring (bicyclic) bond motifs is 1. The molecule has 6 nitrogen and oxygen atoms in total. The largest absolute Gasteiger partial charge is 0.483 e. The molecule has 0 aliphatic carbocycles. The Morgan fingerprint density at radius 1 is 1.50 bits per heavy atom. The van der Waals surface area contributed by atoms with Crippen LogP contribution in [0.15, 0.2) is 6.20 Å². The zero-order valence-corrected chi connectivity index (χ0v) is 11.3.